The lowest BCUT2D eigenvalue weighted by atomic mass is 10.2. The Morgan fingerprint density at radius 1 is 1.39 bits per heavy atom. The van der Waals surface area contributed by atoms with Gasteiger partial charge in [-0.05, 0) is 17.7 Å². The molecule has 0 saturated heterocycles. The van der Waals surface area contributed by atoms with Crippen molar-refractivity contribution in [3.63, 3.8) is 0 Å². The van der Waals surface area contributed by atoms with Gasteiger partial charge in [-0.3, -0.25) is 9.78 Å². The number of carboxylic acid groups (broad SMARTS) is 1. The average Bonchev–Trinajstić information content (AvgIpc) is 2.34. The fourth-order valence-electron chi connectivity index (χ4n) is 1.37. The number of rotatable bonds is 3. The molecule has 0 aliphatic rings. The van der Waals surface area contributed by atoms with E-state index in [2.05, 4.69) is 10.1 Å². The summed E-state index contributed by atoms with van der Waals surface area (Å²) in [7, 11) is 0. The fraction of sp³-hybridized carbons (Fsp3) is 0.0909. The standard InChI is InChI=1S/C11H8ClN3O3/c12-8-5-13-4-3-7(8)6-15-10(16)2-1-9(14-15)11(17)18/h1-5H,6H2,(H,17,18). The number of pyridine rings is 1. The molecule has 0 bridgehead atoms. The van der Waals surface area contributed by atoms with Gasteiger partial charge in [0.1, 0.15) is 0 Å². The summed E-state index contributed by atoms with van der Waals surface area (Å²) in [6.07, 6.45) is 2.98. The maximum absolute atomic E-state index is 11.6. The average molecular weight is 266 g/mol. The van der Waals surface area contributed by atoms with Crippen molar-refractivity contribution in [1.82, 2.24) is 14.8 Å². The first-order valence-electron chi connectivity index (χ1n) is 4.98. The summed E-state index contributed by atoms with van der Waals surface area (Å²) in [5.41, 5.74) is 0.0523. The van der Waals surface area contributed by atoms with Crippen LogP contribution < -0.4 is 5.56 Å². The maximum atomic E-state index is 11.6. The topological polar surface area (TPSA) is 85.1 Å². The number of carbonyl (C=O) groups is 1. The van der Waals surface area contributed by atoms with E-state index in [0.29, 0.717) is 10.6 Å². The quantitative estimate of drug-likeness (QED) is 0.896. The molecule has 0 unspecified atom stereocenters. The summed E-state index contributed by atoms with van der Waals surface area (Å²) >= 11 is 5.91. The first kappa shape index (κ1) is 12.3. The number of halogens is 1. The molecule has 0 radical (unpaired) electrons. The molecule has 0 aliphatic heterocycles. The van der Waals surface area contributed by atoms with Gasteiger partial charge in [0.15, 0.2) is 5.69 Å². The third-order valence-electron chi connectivity index (χ3n) is 2.26. The summed E-state index contributed by atoms with van der Waals surface area (Å²) < 4.78 is 1.05. The molecule has 2 aromatic rings. The zero-order chi connectivity index (χ0) is 13.1. The monoisotopic (exact) mass is 265 g/mol. The van der Waals surface area contributed by atoms with Gasteiger partial charge in [0.05, 0.1) is 11.6 Å². The molecule has 2 heterocycles. The van der Waals surface area contributed by atoms with Gasteiger partial charge in [-0.2, -0.15) is 5.10 Å². The van der Waals surface area contributed by atoms with E-state index in [1.807, 2.05) is 0 Å². The van der Waals surface area contributed by atoms with E-state index in [-0.39, 0.29) is 12.2 Å². The van der Waals surface area contributed by atoms with Crippen molar-refractivity contribution in [2.45, 2.75) is 6.54 Å². The Morgan fingerprint density at radius 3 is 2.83 bits per heavy atom. The molecule has 6 nitrogen and oxygen atoms in total. The highest BCUT2D eigenvalue weighted by Gasteiger charge is 2.08. The first-order valence-corrected chi connectivity index (χ1v) is 5.35. The molecule has 2 aromatic heterocycles. The van der Waals surface area contributed by atoms with Gasteiger partial charge >= 0.3 is 5.97 Å². The van der Waals surface area contributed by atoms with Gasteiger partial charge in [0, 0.05) is 18.5 Å². The van der Waals surface area contributed by atoms with Crippen LogP contribution in [0.4, 0.5) is 0 Å². The summed E-state index contributed by atoms with van der Waals surface area (Å²) in [5, 5.41) is 12.9. The van der Waals surface area contributed by atoms with Crippen LogP contribution in [0.2, 0.25) is 5.02 Å². The molecular weight excluding hydrogens is 258 g/mol. The van der Waals surface area contributed by atoms with E-state index < -0.39 is 11.5 Å². The summed E-state index contributed by atoms with van der Waals surface area (Å²) in [5.74, 6) is -1.19. The van der Waals surface area contributed by atoms with Crippen LogP contribution in [0.3, 0.4) is 0 Å². The second kappa shape index (κ2) is 4.97. The summed E-state index contributed by atoms with van der Waals surface area (Å²) in [4.78, 5) is 26.1. The van der Waals surface area contributed by atoms with Crippen LogP contribution in [-0.4, -0.2) is 25.8 Å². The normalized spacial score (nSPS) is 10.3. The van der Waals surface area contributed by atoms with Gasteiger partial charge in [0.25, 0.3) is 5.56 Å². The molecule has 92 valence electrons. The molecule has 0 saturated carbocycles. The number of nitrogens with zero attached hydrogens (tertiary/aromatic N) is 3. The number of hydrogen-bond donors (Lipinski definition) is 1. The molecule has 0 amide bonds. The van der Waals surface area contributed by atoms with Crippen molar-refractivity contribution in [2.24, 2.45) is 0 Å². The highest BCUT2D eigenvalue weighted by atomic mass is 35.5. The smallest absolute Gasteiger partial charge is 0.356 e. The molecule has 0 spiro atoms. The van der Waals surface area contributed by atoms with Crippen LogP contribution in [0, 0.1) is 0 Å². The van der Waals surface area contributed by atoms with E-state index in [1.54, 1.807) is 6.07 Å². The van der Waals surface area contributed by atoms with Gasteiger partial charge in [-0.25, -0.2) is 9.48 Å². The lowest BCUT2D eigenvalue weighted by Gasteiger charge is -2.06. The molecule has 0 fully saturated rings. The summed E-state index contributed by atoms with van der Waals surface area (Å²) in [6, 6.07) is 3.96. The molecule has 1 N–H and O–H groups in total. The minimum atomic E-state index is -1.19. The van der Waals surface area contributed by atoms with Gasteiger partial charge in [-0.1, -0.05) is 11.6 Å². The molecule has 0 atom stereocenters. The Balaban J connectivity index is 2.40. The van der Waals surface area contributed by atoms with Crippen molar-refractivity contribution in [2.75, 3.05) is 0 Å². The second-order valence-corrected chi connectivity index (χ2v) is 3.89. The Morgan fingerprint density at radius 2 is 2.17 bits per heavy atom. The number of hydrogen-bond acceptors (Lipinski definition) is 4. The molecular formula is C11H8ClN3O3. The van der Waals surface area contributed by atoms with Crippen LogP contribution in [0.25, 0.3) is 0 Å². The van der Waals surface area contributed by atoms with E-state index >= 15 is 0 Å². The largest absolute Gasteiger partial charge is 0.476 e. The van der Waals surface area contributed by atoms with Crippen LogP contribution in [0.1, 0.15) is 16.1 Å². The number of aromatic nitrogens is 3. The fourth-order valence-corrected chi connectivity index (χ4v) is 1.55. The third-order valence-corrected chi connectivity index (χ3v) is 2.60. The predicted molar refractivity (Wildman–Crippen MR) is 63.8 cm³/mol. The van der Waals surface area contributed by atoms with Crippen LogP contribution >= 0.6 is 11.6 Å². The summed E-state index contributed by atoms with van der Waals surface area (Å²) in [6.45, 7) is 0.0985. The number of carboxylic acids is 1. The number of aromatic carboxylic acids is 1. The van der Waals surface area contributed by atoms with Crippen molar-refractivity contribution in [3.8, 4) is 0 Å². The second-order valence-electron chi connectivity index (χ2n) is 3.49. The molecule has 7 heteroatoms. The Labute approximate surface area is 106 Å². The van der Waals surface area contributed by atoms with E-state index in [0.717, 1.165) is 16.8 Å². The molecule has 18 heavy (non-hydrogen) atoms. The lowest BCUT2D eigenvalue weighted by Crippen LogP contribution is -2.25. The van der Waals surface area contributed by atoms with Gasteiger partial charge in [-0.15, -0.1) is 0 Å². The zero-order valence-electron chi connectivity index (χ0n) is 9.08. The highest BCUT2D eigenvalue weighted by Crippen LogP contribution is 2.13. The molecule has 2 rings (SSSR count). The Hall–Kier alpha value is -2.21. The minimum Gasteiger partial charge on any atom is -0.476 e. The van der Waals surface area contributed by atoms with Crippen LogP contribution in [0.5, 0.6) is 0 Å². The maximum Gasteiger partial charge on any atom is 0.356 e. The van der Waals surface area contributed by atoms with Gasteiger partial charge < -0.3 is 5.11 Å². The highest BCUT2D eigenvalue weighted by molar-refractivity contribution is 6.31. The first-order chi connectivity index (χ1) is 8.58. The minimum absolute atomic E-state index is 0.0985. The van der Waals surface area contributed by atoms with Crippen molar-refractivity contribution in [3.05, 3.63) is 57.2 Å². The van der Waals surface area contributed by atoms with E-state index in [9.17, 15) is 9.59 Å². The van der Waals surface area contributed by atoms with Crippen molar-refractivity contribution >= 4 is 17.6 Å². The zero-order valence-corrected chi connectivity index (χ0v) is 9.83. The van der Waals surface area contributed by atoms with Crippen molar-refractivity contribution in [1.29, 1.82) is 0 Å². The Kier molecular flexibility index (Phi) is 3.38. The van der Waals surface area contributed by atoms with E-state index in [1.165, 1.54) is 12.4 Å². The van der Waals surface area contributed by atoms with E-state index in [4.69, 9.17) is 16.7 Å². The third kappa shape index (κ3) is 2.54. The lowest BCUT2D eigenvalue weighted by molar-refractivity contribution is 0.0687. The molecule has 0 aromatic carbocycles. The SMILES string of the molecule is O=C(O)c1ccc(=O)n(Cc2ccncc2Cl)n1. The van der Waals surface area contributed by atoms with Crippen LogP contribution in [0.15, 0.2) is 35.4 Å². The predicted octanol–water partition coefficient (Wildman–Crippen LogP) is 1.04. The molecule has 0 aliphatic carbocycles. The Bertz CT molecular complexity index is 654. The van der Waals surface area contributed by atoms with Crippen molar-refractivity contribution < 1.29 is 9.90 Å². The van der Waals surface area contributed by atoms with Crippen LogP contribution in [-0.2, 0) is 6.54 Å². The van der Waals surface area contributed by atoms with Gasteiger partial charge in [0.2, 0.25) is 0 Å².